The fraction of sp³-hybridized carbons (Fsp3) is 0.435. The zero-order chi connectivity index (χ0) is 19.6. The normalized spacial score (nSPS) is 20.2. The van der Waals surface area contributed by atoms with Crippen molar-refractivity contribution >= 4 is 17.5 Å². The molecule has 2 aromatic carbocycles. The minimum Gasteiger partial charge on any atom is -0.381 e. The number of carbonyl (C=O) groups excluding carboxylic acids is 1. The van der Waals surface area contributed by atoms with E-state index < -0.39 is 5.41 Å². The lowest BCUT2D eigenvalue weighted by molar-refractivity contribution is -0.130. The van der Waals surface area contributed by atoms with Crippen molar-refractivity contribution in [3.05, 3.63) is 70.5 Å². The third-order valence-corrected chi connectivity index (χ3v) is 6.73. The van der Waals surface area contributed by atoms with Crippen molar-refractivity contribution < 1.29 is 13.9 Å². The first kappa shape index (κ1) is 19.4. The Labute approximate surface area is 170 Å². The van der Waals surface area contributed by atoms with Crippen LogP contribution in [-0.2, 0) is 20.4 Å². The fourth-order valence-corrected chi connectivity index (χ4v) is 4.72. The van der Waals surface area contributed by atoms with Crippen molar-refractivity contribution in [1.82, 2.24) is 5.32 Å². The number of hydrogen-bond donors (Lipinski definition) is 1. The molecule has 1 heterocycles. The van der Waals surface area contributed by atoms with Crippen LogP contribution >= 0.6 is 11.6 Å². The predicted octanol–water partition coefficient (Wildman–Crippen LogP) is 4.77. The van der Waals surface area contributed by atoms with Gasteiger partial charge in [-0.3, -0.25) is 4.79 Å². The van der Waals surface area contributed by atoms with Crippen LogP contribution in [0.1, 0.15) is 43.2 Å². The third-order valence-electron chi connectivity index (χ3n) is 6.49. The minimum atomic E-state index is -0.501. The number of carbonyl (C=O) groups is 1. The van der Waals surface area contributed by atoms with Crippen LogP contribution < -0.4 is 5.32 Å². The summed E-state index contributed by atoms with van der Waals surface area (Å²) in [7, 11) is 0. The van der Waals surface area contributed by atoms with Crippen LogP contribution in [-0.4, -0.2) is 25.7 Å². The summed E-state index contributed by atoms with van der Waals surface area (Å²) in [5.41, 5.74) is 1.12. The zero-order valence-electron chi connectivity index (χ0n) is 15.8. The first-order chi connectivity index (χ1) is 13.5. The molecule has 2 aliphatic rings. The molecule has 1 saturated heterocycles. The van der Waals surface area contributed by atoms with Gasteiger partial charge in [0.1, 0.15) is 5.82 Å². The third kappa shape index (κ3) is 3.56. The second-order valence-corrected chi connectivity index (χ2v) is 8.47. The summed E-state index contributed by atoms with van der Waals surface area (Å²) in [6.45, 7) is 1.72. The molecular weight excluding hydrogens is 377 g/mol. The van der Waals surface area contributed by atoms with Gasteiger partial charge in [-0.15, -0.1) is 0 Å². The van der Waals surface area contributed by atoms with E-state index in [-0.39, 0.29) is 17.1 Å². The molecule has 1 saturated carbocycles. The van der Waals surface area contributed by atoms with Crippen molar-refractivity contribution in [2.45, 2.75) is 42.9 Å². The van der Waals surface area contributed by atoms with E-state index in [4.69, 9.17) is 16.3 Å². The van der Waals surface area contributed by atoms with Gasteiger partial charge in [0, 0.05) is 30.2 Å². The summed E-state index contributed by atoms with van der Waals surface area (Å²) in [5, 5.41) is 3.86. The minimum absolute atomic E-state index is 0.0447. The molecule has 148 valence electrons. The van der Waals surface area contributed by atoms with Gasteiger partial charge in [-0.25, -0.2) is 4.39 Å². The highest BCUT2D eigenvalue weighted by atomic mass is 35.5. The van der Waals surface area contributed by atoms with E-state index >= 15 is 0 Å². The maximum Gasteiger partial charge on any atom is 0.230 e. The summed E-state index contributed by atoms with van der Waals surface area (Å²) >= 11 is 6.17. The van der Waals surface area contributed by atoms with Crippen LogP contribution in [0, 0.1) is 5.82 Å². The summed E-state index contributed by atoms with van der Waals surface area (Å²) in [6.07, 6.45) is 4.22. The maximum atomic E-state index is 13.9. The molecule has 4 rings (SSSR count). The standard InChI is InChI=1S/C23H25ClFNO2/c24-19-6-1-5-18(14-19)23(8-3-9-23)21(27)26-16-22(10-12-28-13-11-22)17-4-2-7-20(25)15-17/h1-2,4-7,14-15H,3,8-13,16H2,(H,26,27). The number of nitrogens with one attached hydrogen (secondary N) is 1. The van der Waals surface area contributed by atoms with Gasteiger partial charge < -0.3 is 10.1 Å². The number of ether oxygens (including phenoxy) is 1. The van der Waals surface area contributed by atoms with Crippen molar-refractivity contribution in [3.63, 3.8) is 0 Å². The van der Waals surface area contributed by atoms with E-state index in [0.29, 0.717) is 24.8 Å². The Bertz CT molecular complexity index is 859. The van der Waals surface area contributed by atoms with Crippen LogP contribution in [0.15, 0.2) is 48.5 Å². The monoisotopic (exact) mass is 401 g/mol. The van der Waals surface area contributed by atoms with Gasteiger partial charge in [-0.2, -0.15) is 0 Å². The van der Waals surface area contributed by atoms with Crippen molar-refractivity contribution in [3.8, 4) is 0 Å². The summed E-state index contributed by atoms with van der Waals surface area (Å²) in [5.74, 6) is -0.202. The fourth-order valence-electron chi connectivity index (χ4n) is 4.53. The Morgan fingerprint density at radius 2 is 1.75 bits per heavy atom. The molecule has 1 N–H and O–H groups in total. The average molecular weight is 402 g/mol. The molecule has 0 atom stereocenters. The van der Waals surface area contributed by atoms with E-state index in [9.17, 15) is 9.18 Å². The van der Waals surface area contributed by atoms with Gasteiger partial charge in [0.15, 0.2) is 0 Å². The zero-order valence-corrected chi connectivity index (χ0v) is 16.6. The molecule has 2 fully saturated rings. The highest BCUT2D eigenvalue weighted by Gasteiger charge is 2.46. The first-order valence-electron chi connectivity index (χ1n) is 9.92. The Morgan fingerprint density at radius 3 is 2.39 bits per heavy atom. The molecule has 0 bridgehead atoms. The van der Waals surface area contributed by atoms with E-state index in [2.05, 4.69) is 5.32 Å². The first-order valence-corrected chi connectivity index (χ1v) is 10.3. The maximum absolute atomic E-state index is 13.9. The van der Waals surface area contributed by atoms with Gasteiger partial charge >= 0.3 is 0 Å². The van der Waals surface area contributed by atoms with Crippen LogP contribution in [0.3, 0.4) is 0 Å². The molecule has 1 amide bonds. The molecule has 5 heteroatoms. The lowest BCUT2D eigenvalue weighted by Gasteiger charge is -2.43. The van der Waals surface area contributed by atoms with E-state index in [1.54, 1.807) is 12.1 Å². The molecule has 0 unspecified atom stereocenters. The van der Waals surface area contributed by atoms with E-state index in [0.717, 1.165) is 43.2 Å². The van der Waals surface area contributed by atoms with Crippen molar-refractivity contribution in [2.24, 2.45) is 0 Å². The Hall–Kier alpha value is -1.91. The van der Waals surface area contributed by atoms with Crippen LogP contribution in [0.25, 0.3) is 0 Å². The molecular formula is C23H25ClFNO2. The second kappa shape index (κ2) is 7.84. The predicted molar refractivity (Wildman–Crippen MR) is 108 cm³/mol. The quantitative estimate of drug-likeness (QED) is 0.784. The molecule has 0 spiro atoms. The number of benzene rings is 2. The molecule has 2 aromatic rings. The molecule has 3 nitrogen and oxygen atoms in total. The summed E-state index contributed by atoms with van der Waals surface area (Å²) in [4.78, 5) is 13.3. The lowest BCUT2D eigenvalue weighted by atomic mass is 9.63. The Morgan fingerprint density at radius 1 is 1.04 bits per heavy atom. The van der Waals surface area contributed by atoms with E-state index in [1.807, 2.05) is 30.3 Å². The molecule has 1 aliphatic heterocycles. The van der Waals surface area contributed by atoms with Crippen molar-refractivity contribution in [2.75, 3.05) is 19.8 Å². The van der Waals surface area contributed by atoms with Crippen molar-refractivity contribution in [1.29, 1.82) is 0 Å². The number of rotatable bonds is 5. The van der Waals surface area contributed by atoms with E-state index in [1.165, 1.54) is 6.07 Å². The largest absolute Gasteiger partial charge is 0.381 e. The highest BCUT2D eigenvalue weighted by Crippen LogP contribution is 2.45. The molecule has 0 aromatic heterocycles. The number of amides is 1. The van der Waals surface area contributed by atoms with Crippen LogP contribution in [0.4, 0.5) is 4.39 Å². The molecule has 28 heavy (non-hydrogen) atoms. The second-order valence-electron chi connectivity index (χ2n) is 8.03. The SMILES string of the molecule is O=C(NCC1(c2cccc(F)c2)CCOCC1)C1(c2cccc(Cl)c2)CCC1. The smallest absolute Gasteiger partial charge is 0.230 e. The van der Waals surface area contributed by atoms with Gasteiger partial charge in [0.05, 0.1) is 5.41 Å². The Balaban J connectivity index is 1.56. The lowest BCUT2D eigenvalue weighted by Crippen LogP contribution is -2.53. The molecule has 1 aliphatic carbocycles. The average Bonchev–Trinajstić information content (AvgIpc) is 2.66. The number of halogens is 2. The highest BCUT2D eigenvalue weighted by molar-refractivity contribution is 6.30. The van der Waals surface area contributed by atoms with Gasteiger partial charge in [-0.1, -0.05) is 42.3 Å². The van der Waals surface area contributed by atoms with Crippen LogP contribution in [0.5, 0.6) is 0 Å². The summed E-state index contributed by atoms with van der Waals surface area (Å²) in [6, 6.07) is 14.4. The summed E-state index contributed by atoms with van der Waals surface area (Å²) < 4.78 is 19.4. The van der Waals surface area contributed by atoms with Gasteiger partial charge in [0.25, 0.3) is 0 Å². The van der Waals surface area contributed by atoms with Gasteiger partial charge in [0.2, 0.25) is 5.91 Å². The van der Waals surface area contributed by atoms with Gasteiger partial charge in [-0.05, 0) is 61.1 Å². The Kier molecular flexibility index (Phi) is 5.44. The topological polar surface area (TPSA) is 38.3 Å². The molecule has 0 radical (unpaired) electrons. The van der Waals surface area contributed by atoms with Crippen LogP contribution in [0.2, 0.25) is 5.02 Å². The number of hydrogen-bond acceptors (Lipinski definition) is 2.